The van der Waals surface area contributed by atoms with Gasteiger partial charge in [0.15, 0.2) is 0 Å². The summed E-state index contributed by atoms with van der Waals surface area (Å²) in [5, 5.41) is 3.34. The van der Waals surface area contributed by atoms with Gasteiger partial charge in [0, 0.05) is 18.2 Å². The van der Waals surface area contributed by atoms with E-state index in [4.69, 9.17) is 4.74 Å². The van der Waals surface area contributed by atoms with Crippen LogP contribution in [0.5, 0.6) is 0 Å². The van der Waals surface area contributed by atoms with Crippen LogP contribution in [-0.4, -0.2) is 25.3 Å². The van der Waals surface area contributed by atoms with Gasteiger partial charge in [0.05, 0.1) is 6.10 Å². The fourth-order valence-electron chi connectivity index (χ4n) is 3.00. The first-order valence-electron chi connectivity index (χ1n) is 7.98. The second-order valence-corrected chi connectivity index (χ2v) is 5.72. The number of ether oxygens (including phenoxy) is 1. The first-order valence-corrected chi connectivity index (χ1v) is 7.98. The molecule has 0 aromatic heterocycles. The van der Waals surface area contributed by atoms with E-state index in [-0.39, 0.29) is 11.6 Å². The molecule has 2 unspecified atom stereocenters. The van der Waals surface area contributed by atoms with E-state index in [1.54, 1.807) is 0 Å². The van der Waals surface area contributed by atoms with Gasteiger partial charge in [0.25, 0.3) is 0 Å². The van der Waals surface area contributed by atoms with Gasteiger partial charge in [-0.25, -0.2) is 8.78 Å². The summed E-state index contributed by atoms with van der Waals surface area (Å²) in [6.45, 7) is 3.70. The maximum Gasteiger partial charge on any atom is 0.129 e. The molecule has 0 spiro atoms. The van der Waals surface area contributed by atoms with Gasteiger partial charge in [-0.1, -0.05) is 13.0 Å². The van der Waals surface area contributed by atoms with Crippen molar-refractivity contribution in [3.05, 3.63) is 35.4 Å². The largest absolute Gasteiger partial charge is 0.378 e. The van der Waals surface area contributed by atoms with E-state index >= 15 is 0 Å². The standard InChI is InChI=1S/C17H25F2NO/c1-2-20-13(6-3-7-14-8-5-11-21-14)12-15-16(18)9-4-10-17(15)19/h4,9-10,13-14,20H,2-3,5-8,11-12H2,1H3. The Labute approximate surface area is 125 Å². The van der Waals surface area contributed by atoms with Crippen LogP contribution in [-0.2, 0) is 11.2 Å². The summed E-state index contributed by atoms with van der Waals surface area (Å²) in [4.78, 5) is 0. The van der Waals surface area contributed by atoms with Crippen molar-refractivity contribution < 1.29 is 13.5 Å². The smallest absolute Gasteiger partial charge is 0.129 e. The minimum atomic E-state index is -0.447. The van der Waals surface area contributed by atoms with Crippen molar-refractivity contribution in [1.29, 1.82) is 0 Å². The highest BCUT2D eigenvalue weighted by atomic mass is 19.1. The molecule has 0 radical (unpaired) electrons. The maximum absolute atomic E-state index is 13.7. The van der Waals surface area contributed by atoms with Crippen LogP contribution in [0, 0.1) is 11.6 Å². The lowest BCUT2D eigenvalue weighted by molar-refractivity contribution is 0.101. The van der Waals surface area contributed by atoms with Crippen molar-refractivity contribution in [3.63, 3.8) is 0 Å². The normalized spacial score (nSPS) is 19.9. The second kappa shape index (κ2) is 8.44. The van der Waals surface area contributed by atoms with Gasteiger partial charge >= 0.3 is 0 Å². The molecule has 0 amide bonds. The summed E-state index contributed by atoms with van der Waals surface area (Å²) in [5.74, 6) is -0.894. The SMILES string of the molecule is CCNC(CCCC1CCCO1)Cc1c(F)cccc1F. The number of nitrogens with one attached hydrogen (secondary N) is 1. The Balaban J connectivity index is 1.85. The number of benzene rings is 1. The Bertz CT molecular complexity index is 413. The van der Waals surface area contributed by atoms with E-state index in [0.717, 1.165) is 45.3 Å². The van der Waals surface area contributed by atoms with Crippen LogP contribution >= 0.6 is 0 Å². The minimum absolute atomic E-state index is 0.114. The Morgan fingerprint density at radius 2 is 2.10 bits per heavy atom. The molecule has 2 rings (SSSR count). The molecule has 4 heteroatoms. The van der Waals surface area contributed by atoms with E-state index < -0.39 is 11.6 Å². The average Bonchev–Trinajstić information content (AvgIpc) is 2.96. The zero-order valence-electron chi connectivity index (χ0n) is 12.7. The van der Waals surface area contributed by atoms with Crippen molar-refractivity contribution in [1.82, 2.24) is 5.32 Å². The van der Waals surface area contributed by atoms with Crippen LogP contribution in [0.2, 0.25) is 0 Å². The van der Waals surface area contributed by atoms with Crippen molar-refractivity contribution in [2.45, 2.75) is 57.6 Å². The molecule has 21 heavy (non-hydrogen) atoms. The highest BCUT2D eigenvalue weighted by Gasteiger charge is 2.18. The van der Waals surface area contributed by atoms with Crippen molar-refractivity contribution in [2.24, 2.45) is 0 Å². The Morgan fingerprint density at radius 1 is 1.33 bits per heavy atom. The fraction of sp³-hybridized carbons (Fsp3) is 0.647. The number of likely N-dealkylation sites (N-methyl/N-ethyl adjacent to an activating group) is 1. The van der Waals surface area contributed by atoms with Gasteiger partial charge in [-0.3, -0.25) is 0 Å². The molecule has 0 aliphatic carbocycles. The third kappa shape index (κ3) is 5.04. The van der Waals surface area contributed by atoms with E-state index in [9.17, 15) is 8.78 Å². The van der Waals surface area contributed by atoms with Crippen LogP contribution < -0.4 is 5.32 Å². The van der Waals surface area contributed by atoms with Gasteiger partial charge in [-0.2, -0.15) is 0 Å². The fourth-order valence-corrected chi connectivity index (χ4v) is 3.00. The lowest BCUT2D eigenvalue weighted by Gasteiger charge is -2.19. The van der Waals surface area contributed by atoms with Crippen molar-refractivity contribution >= 4 is 0 Å². The second-order valence-electron chi connectivity index (χ2n) is 5.72. The first-order chi connectivity index (χ1) is 10.2. The highest BCUT2D eigenvalue weighted by molar-refractivity contribution is 5.20. The van der Waals surface area contributed by atoms with Crippen LogP contribution in [0.3, 0.4) is 0 Å². The van der Waals surface area contributed by atoms with E-state index in [1.165, 1.54) is 18.2 Å². The molecule has 1 aromatic rings. The first kappa shape index (κ1) is 16.4. The van der Waals surface area contributed by atoms with Gasteiger partial charge in [0.1, 0.15) is 11.6 Å². The quantitative estimate of drug-likeness (QED) is 0.787. The Hall–Kier alpha value is -1.00. The van der Waals surface area contributed by atoms with Gasteiger partial charge in [0.2, 0.25) is 0 Å². The van der Waals surface area contributed by atoms with Crippen LogP contribution in [0.25, 0.3) is 0 Å². The van der Waals surface area contributed by atoms with E-state index in [1.807, 2.05) is 6.92 Å². The number of hydrogen-bond acceptors (Lipinski definition) is 2. The molecule has 1 heterocycles. The molecule has 1 fully saturated rings. The van der Waals surface area contributed by atoms with E-state index in [2.05, 4.69) is 5.32 Å². The summed E-state index contributed by atoms with van der Waals surface area (Å²) in [6, 6.07) is 4.18. The van der Waals surface area contributed by atoms with Gasteiger partial charge in [-0.15, -0.1) is 0 Å². The van der Waals surface area contributed by atoms with Crippen LogP contribution in [0.1, 0.15) is 44.6 Å². The zero-order valence-corrected chi connectivity index (χ0v) is 12.7. The Morgan fingerprint density at radius 3 is 2.71 bits per heavy atom. The predicted molar refractivity (Wildman–Crippen MR) is 80.4 cm³/mol. The van der Waals surface area contributed by atoms with Gasteiger partial charge in [-0.05, 0) is 57.2 Å². The third-order valence-electron chi connectivity index (χ3n) is 4.11. The third-order valence-corrected chi connectivity index (χ3v) is 4.11. The summed E-state index contributed by atoms with van der Waals surface area (Å²) >= 11 is 0. The molecular weight excluding hydrogens is 272 g/mol. The molecule has 2 nitrogen and oxygen atoms in total. The lowest BCUT2D eigenvalue weighted by Crippen LogP contribution is -2.31. The molecule has 1 aliphatic rings. The average molecular weight is 297 g/mol. The zero-order chi connectivity index (χ0) is 15.1. The maximum atomic E-state index is 13.7. The predicted octanol–water partition coefficient (Wildman–Crippen LogP) is 3.83. The molecule has 0 saturated carbocycles. The number of halogens is 2. The van der Waals surface area contributed by atoms with Crippen LogP contribution in [0.4, 0.5) is 8.78 Å². The molecule has 1 saturated heterocycles. The van der Waals surface area contributed by atoms with Crippen molar-refractivity contribution in [2.75, 3.05) is 13.2 Å². The highest BCUT2D eigenvalue weighted by Crippen LogP contribution is 2.20. The summed E-state index contributed by atoms with van der Waals surface area (Å²) in [7, 11) is 0. The lowest BCUT2D eigenvalue weighted by atomic mass is 9.98. The monoisotopic (exact) mass is 297 g/mol. The van der Waals surface area contributed by atoms with Crippen molar-refractivity contribution in [3.8, 4) is 0 Å². The molecule has 118 valence electrons. The topological polar surface area (TPSA) is 21.3 Å². The molecule has 1 N–H and O–H groups in total. The van der Waals surface area contributed by atoms with Crippen LogP contribution in [0.15, 0.2) is 18.2 Å². The number of hydrogen-bond donors (Lipinski definition) is 1. The summed E-state index contributed by atoms with van der Waals surface area (Å²) in [6.07, 6.45) is 6.08. The summed E-state index contributed by atoms with van der Waals surface area (Å²) in [5.41, 5.74) is 0.195. The molecule has 0 bridgehead atoms. The van der Waals surface area contributed by atoms with E-state index in [0.29, 0.717) is 12.5 Å². The molecule has 1 aromatic carbocycles. The van der Waals surface area contributed by atoms with Gasteiger partial charge < -0.3 is 10.1 Å². The molecule has 2 atom stereocenters. The summed E-state index contributed by atoms with van der Waals surface area (Å²) < 4.78 is 33.1. The molecule has 1 aliphatic heterocycles. The molecular formula is C17H25F2NO. The minimum Gasteiger partial charge on any atom is -0.378 e. The Kier molecular flexibility index (Phi) is 6.58. The number of rotatable bonds is 8.